The van der Waals surface area contributed by atoms with E-state index < -0.39 is 42.4 Å². The van der Waals surface area contributed by atoms with Gasteiger partial charge in [0.05, 0.1) is 6.33 Å². The second kappa shape index (κ2) is 8.44. The van der Waals surface area contributed by atoms with Crippen LogP contribution in [0.5, 0.6) is 0 Å². The molecule has 2 N–H and O–H groups in total. The van der Waals surface area contributed by atoms with Gasteiger partial charge in [-0.05, 0) is 0 Å². The molecule has 0 spiro atoms. The van der Waals surface area contributed by atoms with E-state index in [0.717, 1.165) is 0 Å². The first-order chi connectivity index (χ1) is 13.7. The number of rotatable bonds is 5. The standard InChI is InChI=1S/C16H18IN5O7/c1-6(23)26-4-9-11(27-7(2)24)12(28-8(3)25)15(29-9)22-5-19-10-13(18)20-16(17)21-14(10)22/h5,9,11-12,15H,4H2,1-3H3,(H2,18,20,21)/t9-,11-,12-,15-/m1/s1. The molecule has 1 saturated heterocycles. The van der Waals surface area contributed by atoms with E-state index in [1.54, 1.807) is 0 Å². The molecule has 0 saturated carbocycles. The van der Waals surface area contributed by atoms with Crippen molar-refractivity contribution in [3.8, 4) is 0 Å². The fourth-order valence-corrected chi connectivity index (χ4v) is 3.50. The minimum atomic E-state index is -1.04. The first-order valence-electron chi connectivity index (χ1n) is 8.46. The Labute approximate surface area is 178 Å². The molecule has 0 aliphatic carbocycles. The zero-order chi connectivity index (χ0) is 21.3. The number of carbonyl (C=O) groups excluding carboxylic acids is 3. The van der Waals surface area contributed by atoms with Gasteiger partial charge in [0.25, 0.3) is 0 Å². The van der Waals surface area contributed by atoms with E-state index in [0.29, 0.717) is 15.0 Å². The van der Waals surface area contributed by atoms with Crippen LogP contribution < -0.4 is 5.73 Å². The number of anilines is 1. The molecule has 1 aliphatic rings. The van der Waals surface area contributed by atoms with Gasteiger partial charge < -0.3 is 24.7 Å². The largest absolute Gasteiger partial charge is 0.463 e. The summed E-state index contributed by atoms with van der Waals surface area (Å²) in [6.07, 6.45) is -2.49. The summed E-state index contributed by atoms with van der Waals surface area (Å²) in [5.74, 6) is -1.58. The van der Waals surface area contributed by atoms with Crippen molar-refractivity contribution in [2.75, 3.05) is 12.3 Å². The highest BCUT2D eigenvalue weighted by Gasteiger charge is 2.51. The van der Waals surface area contributed by atoms with Crippen molar-refractivity contribution in [2.24, 2.45) is 0 Å². The third-order valence-electron chi connectivity index (χ3n) is 4.04. The highest BCUT2D eigenvalue weighted by molar-refractivity contribution is 14.1. The molecule has 29 heavy (non-hydrogen) atoms. The van der Waals surface area contributed by atoms with Crippen molar-refractivity contribution in [1.29, 1.82) is 0 Å². The Morgan fingerprint density at radius 1 is 1.14 bits per heavy atom. The van der Waals surface area contributed by atoms with Gasteiger partial charge in [-0.25, -0.2) is 15.0 Å². The fraction of sp³-hybridized carbons (Fsp3) is 0.500. The van der Waals surface area contributed by atoms with Gasteiger partial charge in [-0.1, -0.05) is 0 Å². The lowest BCUT2D eigenvalue weighted by atomic mass is 10.1. The predicted octanol–water partition coefficient (Wildman–Crippen LogP) is 0.337. The second-order valence-corrected chi connectivity index (χ2v) is 7.18. The first-order valence-corrected chi connectivity index (χ1v) is 9.54. The predicted molar refractivity (Wildman–Crippen MR) is 104 cm³/mol. The van der Waals surface area contributed by atoms with Crippen LogP contribution in [-0.4, -0.2) is 62.3 Å². The summed E-state index contributed by atoms with van der Waals surface area (Å²) in [7, 11) is 0. The summed E-state index contributed by atoms with van der Waals surface area (Å²) in [6.45, 7) is 3.46. The van der Waals surface area contributed by atoms with Crippen molar-refractivity contribution >= 4 is 57.5 Å². The van der Waals surface area contributed by atoms with Crippen LogP contribution in [0.4, 0.5) is 5.82 Å². The molecule has 13 heteroatoms. The van der Waals surface area contributed by atoms with Crippen LogP contribution in [0.25, 0.3) is 11.2 Å². The fourth-order valence-electron chi connectivity index (χ4n) is 3.01. The summed E-state index contributed by atoms with van der Waals surface area (Å²) in [5.41, 5.74) is 6.58. The molecule has 3 heterocycles. The number of fused-ring (bicyclic) bond motifs is 1. The average molecular weight is 519 g/mol. The number of halogens is 1. The maximum absolute atomic E-state index is 11.7. The van der Waals surface area contributed by atoms with Gasteiger partial charge in [-0.3, -0.25) is 19.0 Å². The van der Waals surface area contributed by atoms with Crippen molar-refractivity contribution in [2.45, 2.75) is 45.3 Å². The Morgan fingerprint density at radius 3 is 2.41 bits per heavy atom. The molecular weight excluding hydrogens is 501 g/mol. The van der Waals surface area contributed by atoms with Gasteiger partial charge in [0.15, 0.2) is 33.7 Å². The molecule has 0 amide bonds. The molecule has 4 atom stereocenters. The van der Waals surface area contributed by atoms with Crippen molar-refractivity contribution in [1.82, 2.24) is 19.5 Å². The van der Waals surface area contributed by atoms with Gasteiger partial charge in [0, 0.05) is 43.4 Å². The number of carbonyl (C=O) groups is 3. The number of nitrogens with zero attached hydrogens (tertiary/aromatic N) is 4. The summed E-state index contributed by atoms with van der Waals surface area (Å²) in [5, 5.41) is 0. The number of nitrogens with two attached hydrogens (primary N) is 1. The van der Waals surface area contributed by atoms with Gasteiger partial charge in [-0.15, -0.1) is 0 Å². The normalized spacial score (nSPS) is 23.7. The number of hydrogen-bond donors (Lipinski definition) is 1. The van der Waals surface area contributed by atoms with Crippen LogP contribution >= 0.6 is 22.6 Å². The first kappa shape index (κ1) is 21.2. The molecule has 3 rings (SSSR count). The number of ether oxygens (including phenoxy) is 4. The third-order valence-corrected chi connectivity index (χ3v) is 4.52. The van der Waals surface area contributed by atoms with E-state index in [4.69, 9.17) is 24.7 Å². The maximum Gasteiger partial charge on any atom is 0.303 e. The average Bonchev–Trinajstić information content (AvgIpc) is 3.15. The van der Waals surface area contributed by atoms with Crippen molar-refractivity contribution in [3.05, 3.63) is 10.2 Å². The van der Waals surface area contributed by atoms with Crippen LogP contribution in [0, 0.1) is 3.83 Å². The molecule has 1 aliphatic heterocycles. The Morgan fingerprint density at radius 2 is 1.79 bits per heavy atom. The minimum Gasteiger partial charge on any atom is -0.463 e. The van der Waals surface area contributed by atoms with Crippen LogP contribution in [0.2, 0.25) is 0 Å². The quantitative estimate of drug-likeness (QED) is 0.251. The Bertz CT molecular complexity index is 965. The topological polar surface area (TPSA) is 158 Å². The van der Waals surface area contributed by atoms with Gasteiger partial charge >= 0.3 is 17.9 Å². The summed E-state index contributed by atoms with van der Waals surface area (Å²) < 4.78 is 23.6. The Kier molecular flexibility index (Phi) is 6.16. The molecule has 0 aromatic carbocycles. The van der Waals surface area contributed by atoms with E-state index in [2.05, 4.69) is 15.0 Å². The molecule has 12 nitrogen and oxygen atoms in total. The molecule has 0 unspecified atom stereocenters. The number of nitrogen functional groups attached to an aromatic ring is 1. The van der Waals surface area contributed by atoms with E-state index >= 15 is 0 Å². The van der Waals surface area contributed by atoms with Crippen LogP contribution in [0.3, 0.4) is 0 Å². The van der Waals surface area contributed by atoms with Crippen LogP contribution in [-0.2, 0) is 33.3 Å². The second-order valence-electron chi connectivity index (χ2n) is 6.22. The zero-order valence-corrected chi connectivity index (χ0v) is 17.9. The third kappa shape index (κ3) is 4.55. The molecule has 1 fully saturated rings. The van der Waals surface area contributed by atoms with Gasteiger partial charge in [-0.2, -0.15) is 0 Å². The highest BCUT2D eigenvalue weighted by Crippen LogP contribution is 2.36. The molecule has 0 radical (unpaired) electrons. The molecule has 156 valence electrons. The number of esters is 3. The lowest BCUT2D eigenvalue weighted by Gasteiger charge is -2.23. The number of hydrogen-bond acceptors (Lipinski definition) is 11. The lowest BCUT2D eigenvalue weighted by molar-refractivity contribution is -0.166. The van der Waals surface area contributed by atoms with Crippen molar-refractivity contribution in [3.63, 3.8) is 0 Å². The van der Waals surface area contributed by atoms with Crippen molar-refractivity contribution < 1.29 is 33.3 Å². The summed E-state index contributed by atoms with van der Waals surface area (Å²) >= 11 is 1.90. The zero-order valence-electron chi connectivity index (χ0n) is 15.7. The number of imidazole rings is 1. The Hall–Kier alpha value is -2.55. The SMILES string of the molecule is CC(=O)OC[C@H]1O[C@@H](n2cnc3c(N)nc(I)nc32)[C@H](OC(C)=O)[C@@H]1OC(C)=O. The lowest BCUT2D eigenvalue weighted by Crippen LogP contribution is -2.40. The molecule has 2 aromatic rings. The minimum absolute atomic E-state index is 0.174. The van der Waals surface area contributed by atoms with Crippen LogP contribution in [0.15, 0.2) is 6.33 Å². The summed E-state index contributed by atoms with van der Waals surface area (Å²) in [6, 6.07) is 0. The molecular formula is C16H18IN5O7. The van der Waals surface area contributed by atoms with E-state index in [1.165, 1.54) is 31.7 Å². The van der Waals surface area contributed by atoms with E-state index in [9.17, 15) is 14.4 Å². The van der Waals surface area contributed by atoms with Gasteiger partial charge in [0.2, 0.25) is 0 Å². The number of aromatic nitrogens is 4. The smallest absolute Gasteiger partial charge is 0.303 e. The summed E-state index contributed by atoms with van der Waals surface area (Å²) in [4.78, 5) is 47.1. The van der Waals surface area contributed by atoms with E-state index in [-0.39, 0.29) is 12.4 Å². The van der Waals surface area contributed by atoms with Crippen LogP contribution in [0.1, 0.15) is 27.0 Å². The molecule has 0 bridgehead atoms. The highest BCUT2D eigenvalue weighted by atomic mass is 127. The molecule has 2 aromatic heterocycles. The van der Waals surface area contributed by atoms with E-state index in [1.807, 2.05) is 22.6 Å². The maximum atomic E-state index is 11.7. The van der Waals surface area contributed by atoms with Gasteiger partial charge in [0.1, 0.15) is 18.2 Å². The Balaban J connectivity index is 2.04. The monoisotopic (exact) mass is 519 g/mol.